The molecule has 0 spiro atoms. The van der Waals surface area contributed by atoms with Crippen molar-refractivity contribution in [3.8, 4) is 11.4 Å². The van der Waals surface area contributed by atoms with Gasteiger partial charge in [-0.15, -0.1) is 0 Å². The van der Waals surface area contributed by atoms with Crippen molar-refractivity contribution in [3.63, 3.8) is 0 Å². The van der Waals surface area contributed by atoms with Gasteiger partial charge < -0.3 is 10.1 Å². The number of aromatic nitrogens is 2. The fourth-order valence-electron chi connectivity index (χ4n) is 3.83. The largest absolute Gasteiger partial charge is 0.362 e. The molecule has 1 aromatic heterocycles. The third-order valence-electron chi connectivity index (χ3n) is 5.65. The Morgan fingerprint density at radius 3 is 2.65 bits per heavy atom. The number of amides is 1. The highest BCUT2D eigenvalue weighted by Crippen LogP contribution is 2.26. The first-order valence-electron chi connectivity index (χ1n) is 10.7. The van der Waals surface area contributed by atoms with Gasteiger partial charge in [-0.05, 0) is 55.0 Å². The maximum atomic E-state index is 12.8. The fraction of sp³-hybridized carbons (Fsp3) is 0.160. The Hall–Kier alpha value is -3.82. The number of para-hydroxylation sites is 1. The van der Waals surface area contributed by atoms with Gasteiger partial charge in [0.2, 0.25) is 0 Å². The lowest BCUT2D eigenvalue weighted by atomic mass is 10.1. The van der Waals surface area contributed by atoms with Crippen LogP contribution in [0.5, 0.6) is 0 Å². The third kappa shape index (κ3) is 4.35. The maximum absolute atomic E-state index is 12.8. The standard InChI is InChI=1S/C25H22N4O4S/c1-17-6-9-20(14-22(17)24-26-15-19-4-2-3-5-23(19)28-24)27-25(30)18-7-10-21(11-8-18)29-12-13-33-16-34(29,31)32/h2-11,14-15H,12-13,16H2,1H3,(H,27,30). The van der Waals surface area contributed by atoms with E-state index in [4.69, 9.17) is 4.74 Å². The zero-order valence-corrected chi connectivity index (χ0v) is 19.2. The Balaban J connectivity index is 1.36. The molecule has 1 aliphatic heterocycles. The van der Waals surface area contributed by atoms with Gasteiger partial charge in [0.25, 0.3) is 15.9 Å². The lowest BCUT2D eigenvalue weighted by Crippen LogP contribution is -2.41. The number of aryl methyl sites for hydroxylation is 1. The minimum atomic E-state index is -3.51. The number of fused-ring (bicyclic) bond motifs is 1. The van der Waals surface area contributed by atoms with Gasteiger partial charge in [0.15, 0.2) is 11.8 Å². The number of hydrogen-bond acceptors (Lipinski definition) is 6. The van der Waals surface area contributed by atoms with Crippen LogP contribution in [0.15, 0.2) is 72.9 Å². The minimum Gasteiger partial charge on any atom is -0.362 e. The van der Waals surface area contributed by atoms with Crippen molar-refractivity contribution in [1.82, 2.24) is 9.97 Å². The maximum Gasteiger partial charge on any atom is 0.259 e. The SMILES string of the molecule is Cc1ccc(NC(=O)c2ccc(N3CCOCS3(=O)=O)cc2)cc1-c1ncc2ccccc2n1. The van der Waals surface area contributed by atoms with Crippen molar-refractivity contribution in [3.05, 3.63) is 84.1 Å². The first kappa shape index (κ1) is 22.0. The number of carbonyl (C=O) groups is 1. The predicted octanol–water partition coefficient (Wildman–Crippen LogP) is 3.98. The van der Waals surface area contributed by atoms with E-state index in [0.29, 0.717) is 29.4 Å². The van der Waals surface area contributed by atoms with Crippen molar-refractivity contribution in [2.75, 3.05) is 28.7 Å². The minimum absolute atomic E-state index is 0.247. The molecule has 8 nitrogen and oxygen atoms in total. The van der Waals surface area contributed by atoms with Gasteiger partial charge >= 0.3 is 0 Å². The molecule has 0 aliphatic carbocycles. The number of nitrogens with one attached hydrogen (secondary N) is 1. The number of anilines is 2. The molecule has 34 heavy (non-hydrogen) atoms. The highest BCUT2D eigenvalue weighted by Gasteiger charge is 2.26. The van der Waals surface area contributed by atoms with E-state index in [1.54, 1.807) is 30.5 Å². The Kier molecular flexibility index (Phi) is 5.72. The van der Waals surface area contributed by atoms with Crippen LogP contribution < -0.4 is 9.62 Å². The van der Waals surface area contributed by atoms with Crippen molar-refractivity contribution in [1.29, 1.82) is 0 Å². The predicted molar refractivity (Wildman–Crippen MR) is 131 cm³/mol. The summed E-state index contributed by atoms with van der Waals surface area (Å²) in [5.74, 6) is -0.0553. The molecule has 2 heterocycles. The monoisotopic (exact) mass is 474 g/mol. The van der Waals surface area contributed by atoms with Crippen LogP contribution in [0.3, 0.4) is 0 Å². The van der Waals surface area contributed by atoms with Crippen molar-refractivity contribution < 1.29 is 17.9 Å². The molecule has 0 unspecified atom stereocenters. The molecule has 9 heteroatoms. The van der Waals surface area contributed by atoms with Gasteiger partial charge in [0, 0.05) is 28.4 Å². The summed E-state index contributed by atoms with van der Waals surface area (Å²) in [4.78, 5) is 22.0. The van der Waals surface area contributed by atoms with Crippen LogP contribution in [0.2, 0.25) is 0 Å². The summed E-state index contributed by atoms with van der Waals surface area (Å²) in [5, 5.41) is 3.86. The van der Waals surface area contributed by atoms with E-state index in [1.165, 1.54) is 4.31 Å². The molecule has 1 aliphatic rings. The second-order valence-corrected chi connectivity index (χ2v) is 9.83. The van der Waals surface area contributed by atoms with Crippen molar-refractivity contribution >= 4 is 38.2 Å². The molecule has 172 valence electrons. The fourth-order valence-corrected chi connectivity index (χ4v) is 5.08. The lowest BCUT2D eigenvalue weighted by Gasteiger charge is -2.28. The quantitative estimate of drug-likeness (QED) is 0.480. The third-order valence-corrected chi connectivity index (χ3v) is 7.18. The zero-order chi connectivity index (χ0) is 23.7. The number of hydrogen-bond donors (Lipinski definition) is 1. The van der Waals surface area contributed by atoms with Crippen LogP contribution in [0, 0.1) is 6.92 Å². The number of benzene rings is 3. The second kappa shape index (κ2) is 8.85. The molecule has 3 aromatic carbocycles. The summed E-state index contributed by atoms with van der Waals surface area (Å²) in [5.41, 5.74) is 4.20. The molecule has 0 bridgehead atoms. The van der Waals surface area contributed by atoms with E-state index < -0.39 is 10.0 Å². The highest BCUT2D eigenvalue weighted by molar-refractivity contribution is 7.92. The van der Waals surface area contributed by atoms with Crippen LogP contribution in [0.25, 0.3) is 22.3 Å². The molecule has 0 radical (unpaired) electrons. The average Bonchev–Trinajstić information content (AvgIpc) is 2.85. The first-order chi connectivity index (χ1) is 16.4. The number of sulfonamides is 1. The number of nitrogens with zero attached hydrogens (tertiary/aromatic N) is 3. The van der Waals surface area contributed by atoms with E-state index in [1.807, 2.05) is 49.4 Å². The Labute approximate surface area is 197 Å². The molecule has 0 atom stereocenters. The normalized spacial score (nSPS) is 15.3. The van der Waals surface area contributed by atoms with E-state index in [0.717, 1.165) is 22.0 Å². The van der Waals surface area contributed by atoms with Crippen molar-refractivity contribution in [2.45, 2.75) is 6.92 Å². The molecule has 1 amide bonds. The van der Waals surface area contributed by atoms with Gasteiger partial charge in [-0.3, -0.25) is 9.10 Å². The summed E-state index contributed by atoms with van der Waals surface area (Å²) in [6.45, 7) is 2.55. The molecule has 1 fully saturated rings. The number of rotatable bonds is 4. The molecule has 0 saturated carbocycles. The van der Waals surface area contributed by atoms with E-state index in [2.05, 4.69) is 15.3 Å². The van der Waals surface area contributed by atoms with Crippen molar-refractivity contribution in [2.24, 2.45) is 0 Å². The zero-order valence-electron chi connectivity index (χ0n) is 18.4. The van der Waals surface area contributed by atoms with Crippen LogP contribution in [0.1, 0.15) is 15.9 Å². The Morgan fingerprint density at radius 2 is 1.85 bits per heavy atom. The summed E-state index contributed by atoms with van der Waals surface area (Å²) < 4.78 is 30.7. The smallest absolute Gasteiger partial charge is 0.259 e. The van der Waals surface area contributed by atoms with Crippen LogP contribution in [0.4, 0.5) is 11.4 Å². The van der Waals surface area contributed by atoms with Crippen LogP contribution in [-0.4, -0.2) is 43.4 Å². The van der Waals surface area contributed by atoms with Crippen LogP contribution in [-0.2, 0) is 14.8 Å². The van der Waals surface area contributed by atoms with Crippen LogP contribution >= 0.6 is 0 Å². The topological polar surface area (TPSA) is 101 Å². The molecular formula is C25H22N4O4S. The van der Waals surface area contributed by atoms with E-state index in [9.17, 15) is 13.2 Å². The number of ether oxygens (including phenoxy) is 1. The Bertz CT molecular complexity index is 1490. The molecule has 5 rings (SSSR count). The average molecular weight is 475 g/mol. The van der Waals surface area contributed by atoms with E-state index >= 15 is 0 Å². The highest BCUT2D eigenvalue weighted by atomic mass is 32.2. The number of carbonyl (C=O) groups excluding carboxylic acids is 1. The van der Waals surface area contributed by atoms with Gasteiger partial charge in [-0.2, -0.15) is 0 Å². The first-order valence-corrected chi connectivity index (χ1v) is 12.3. The van der Waals surface area contributed by atoms with Gasteiger partial charge in [0.1, 0.15) is 0 Å². The second-order valence-electron chi connectivity index (χ2n) is 7.99. The summed E-state index contributed by atoms with van der Waals surface area (Å²) in [6.07, 6.45) is 1.79. The van der Waals surface area contributed by atoms with Gasteiger partial charge in [0.05, 0.1) is 24.4 Å². The molecular weight excluding hydrogens is 452 g/mol. The lowest BCUT2D eigenvalue weighted by molar-refractivity contribution is 0.102. The van der Waals surface area contributed by atoms with E-state index in [-0.39, 0.29) is 18.4 Å². The summed E-state index contributed by atoms with van der Waals surface area (Å²) >= 11 is 0. The Morgan fingerprint density at radius 1 is 1.06 bits per heavy atom. The summed E-state index contributed by atoms with van der Waals surface area (Å²) in [7, 11) is -3.51. The molecule has 4 aromatic rings. The summed E-state index contributed by atoms with van der Waals surface area (Å²) in [6, 6.07) is 19.8. The molecule has 1 N–H and O–H groups in total. The van der Waals surface area contributed by atoms with Gasteiger partial charge in [-0.25, -0.2) is 18.4 Å². The van der Waals surface area contributed by atoms with Gasteiger partial charge in [-0.1, -0.05) is 24.3 Å². The molecule has 1 saturated heterocycles.